The van der Waals surface area contributed by atoms with Crippen LogP contribution in [0, 0.1) is 17.7 Å². The third-order valence-corrected chi connectivity index (χ3v) is 10.2. The molecule has 3 aliphatic rings. The largest absolute Gasteiger partial charge is 0.395 e. The van der Waals surface area contributed by atoms with Crippen molar-refractivity contribution in [2.24, 2.45) is 16.8 Å². The quantitative estimate of drug-likeness (QED) is 0.286. The highest BCUT2D eigenvalue weighted by Gasteiger charge is 2.49. The Labute approximate surface area is 286 Å². The molecule has 3 N–H and O–H groups in total. The number of likely N-dealkylation sites (tertiary alicyclic amines) is 1. The molecule has 2 aliphatic heterocycles. The zero-order valence-corrected chi connectivity index (χ0v) is 28.9. The molecule has 0 radical (unpaired) electrons. The number of benzene rings is 1. The van der Waals surface area contributed by atoms with E-state index >= 15 is 13.2 Å². The van der Waals surface area contributed by atoms with E-state index in [-0.39, 0.29) is 37.3 Å². The fourth-order valence-electron chi connectivity index (χ4n) is 6.93. The molecule has 2 atom stereocenters. The molecular formula is C35H51F3N6O5. The molecule has 0 aromatic heterocycles. The third kappa shape index (κ3) is 9.88. The number of alkyl halides is 2. The second-order valence-electron chi connectivity index (χ2n) is 13.6. The SMILES string of the molecule is CCC(=O)N=C(C(=O)N1CCN(C)CC1)[C@@H](C)c1ccc(NC(=O)[C@@H](NC(=O)C(F)(F)C2CCN(CCO)CC2)C2CCCCC2)c(F)c1. The van der Waals surface area contributed by atoms with Crippen molar-refractivity contribution < 1.29 is 37.5 Å². The summed E-state index contributed by atoms with van der Waals surface area (Å²) in [6.45, 7) is 6.55. The average molecular weight is 693 g/mol. The van der Waals surface area contributed by atoms with Gasteiger partial charge in [0.2, 0.25) is 11.8 Å². The number of carbonyl (C=O) groups is 4. The summed E-state index contributed by atoms with van der Waals surface area (Å²) >= 11 is 0. The van der Waals surface area contributed by atoms with E-state index in [1.54, 1.807) is 18.7 Å². The number of nitrogens with zero attached hydrogens (tertiary/aromatic N) is 4. The Kier molecular flexibility index (Phi) is 13.8. The maximum atomic E-state index is 15.6. The van der Waals surface area contributed by atoms with Crippen LogP contribution in [0.1, 0.15) is 76.7 Å². The molecule has 2 saturated heterocycles. The van der Waals surface area contributed by atoms with Gasteiger partial charge in [0.1, 0.15) is 17.6 Å². The van der Waals surface area contributed by atoms with E-state index in [1.807, 2.05) is 11.9 Å². The molecule has 3 fully saturated rings. The molecule has 1 aromatic rings. The molecule has 0 unspecified atom stereocenters. The number of halogens is 3. The Morgan fingerprint density at radius 2 is 1.65 bits per heavy atom. The summed E-state index contributed by atoms with van der Waals surface area (Å²) < 4.78 is 46.5. The lowest BCUT2D eigenvalue weighted by molar-refractivity contribution is -0.159. The van der Waals surface area contributed by atoms with Crippen LogP contribution in [0.3, 0.4) is 0 Å². The van der Waals surface area contributed by atoms with Crippen LogP contribution in [-0.4, -0.2) is 121 Å². The lowest BCUT2D eigenvalue weighted by Crippen LogP contribution is -2.56. The maximum absolute atomic E-state index is 15.6. The van der Waals surface area contributed by atoms with Crippen molar-refractivity contribution in [1.29, 1.82) is 0 Å². The second-order valence-corrected chi connectivity index (χ2v) is 13.6. The number of aliphatic hydroxyl groups is 1. The lowest BCUT2D eigenvalue weighted by atomic mass is 9.83. The molecule has 0 bridgehead atoms. The normalized spacial score (nSPS) is 20.5. The van der Waals surface area contributed by atoms with Crippen LogP contribution >= 0.6 is 0 Å². The predicted octanol–water partition coefficient (Wildman–Crippen LogP) is 3.42. The summed E-state index contributed by atoms with van der Waals surface area (Å²) in [6, 6.07) is 2.73. The van der Waals surface area contributed by atoms with Gasteiger partial charge in [0.15, 0.2) is 0 Å². The number of carbonyl (C=O) groups excluding carboxylic acids is 4. The Morgan fingerprint density at radius 3 is 2.24 bits per heavy atom. The number of piperazine rings is 1. The number of anilines is 1. The monoisotopic (exact) mass is 692 g/mol. The van der Waals surface area contributed by atoms with Crippen LogP contribution in [-0.2, 0) is 19.2 Å². The van der Waals surface area contributed by atoms with Gasteiger partial charge in [-0.2, -0.15) is 8.78 Å². The van der Waals surface area contributed by atoms with Crippen LogP contribution in [0.4, 0.5) is 18.9 Å². The fraction of sp³-hybridized carbons (Fsp3) is 0.686. The smallest absolute Gasteiger partial charge is 0.327 e. The van der Waals surface area contributed by atoms with Gasteiger partial charge in [-0.05, 0) is 69.4 Å². The number of amides is 4. The number of rotatable bonds is 12. The number of likely N-dealkylation sites (N-methyl/N-ethyl adjacent to an activating group) is 1. The topological polar surface area (TPSA) is 135 Å². The molecule has 1 aliphatic carbocycles. The average Bonchev–Trinajstić information content (AvgIpc) is 3.10. The van der Waals surface area contributed by atoms with E-state index in [0.717, 1.165) is 25.3 Å². The Hall–Kier alpha value is -3.36. The third-order valence-electron chi connectivity index (χ3n) is 10.2. The fourth-order valence-corrected chi connectivity index (χ4v) is 6.93. The first kappa shape index (κ1) is 38.4. The maximum Gasteiger partial charge on any atom is 0.327 e. The molecule has 49 heavy (non-hydrogen) atoms. The van der Waals surface area contributed by atoms with E-state index in [0.29, 0.717) is 64.2 Å². The van der Waals surface area contributed by atoms with Crippen molar-refractivity contribution in [3.63, 3.8) is 0 Å². The molecule has 0 spiro atoms. The predicted molar refractivity (Wildman–Crippen MR) is 180 cm³/mol. The molecule has 11 nitrogen and oxygen atoms in total. The molecule has 1 saturated carbocycles. The highest BCUT2D eigenvalue weighted by Crippen LogP contribution is 2.35. The minimum atomic E-state index is -3.71. The minimum Gasteiger partial charge on any atom is -0.395 e. The van der Waals surface area contributed by atoms with E-state index in [9.17, 15) is 19.2 Å². The first-order chi connectivity index (χ1) is 23.3. The van der Waals surface area contributed by atoms with E-state index in [1.165, 1.54) is 12.1 Å². The van der Waals surface area contributed by atoms with E-state index in [4.69, 9.17) is 5.11 Å². The first-order valence-corrected chi connectivity index (χ1v) is 17.6. The molecule has 2 heterocycles. The van der Waals surface area contributed by atoms with Crippen molar-refractivity contribution in [1.82, 2.24) is 20.0 Å². The van der Waals surface area contributed by atoms with Gasteiger partial charge in [-0.15, -0.1) is 0 Å². The van der Waals surface area contributed by atoms with Crippen molar-refractivity contribution >= 4 is 35.0 Å². The Balaban J connectivity index is 1.49. The highest BCUT2D eigenvalue weighted by molar-refractivity contribution is 6.42. The highest BCUT2D eigenvalue weighted by atomic mass is 19.3. The molecule has 4 rings (SSSR count). The Morgan fingerprint density at radius 1 is 1.00 bits per heavy atom. The number of aliphatic imine (C=N–C) groups is 1. The summed E-state index contributed by atoms with van der Waals surface area (Å²) in [6.07, 6.45) is 3.87. The van der Waals surface area contributed by atoms with Crippen LogP contribution < -0.4 is 10.6 Å². The molecule has 1 aromatic carbocycles. The van der Waals surface area contributed by atoms with Gasteiger partial charge in [-0.25, -0.2) is 9.38 Å². The van der Waals surface area contributed by atoms with E-state index in [2.05, 4.69) is 20.5 Å². The van der Waals surface area contributed by atoms with Gasteiger partial charge in [0, 0.05) is 51.0 Å². The van der Waals surface area contributed by atoms with Crippen molar-refractivity contribution in [3.05, 3.63) is 29.6 Å². The van der Waals surface area contributed by atoms with E-state index < -0.39 is 59.2 Å². The van der Waals surface area contributed by atoms with Crippen LogP contribution in [0.2, 0.25) is 0 Å². The molecule has 14 heteroatoms. The van der Waals surface area contributed by atoms with Crippen molar-refractivity contribution in [3.8, 4) is 0 Å². The van der Waals surface area contributed by atoms with Gasteiger partial charge >= 0.3 is 5.92 Å². The standard InChI is InChI=1S/C35H51F3N6O5/c1-4-29(46)40-30(33(48)44-18-16-42(3)17-19-44)23(2)25-10-11-28(27(36)22-25)39-32(47)31(24-8-6-5-7-9-24)41-34(49)35(37,38)26-12-14-43(15-13-26)20-21-45/h10-11,22-24,26,31,45H,4-9,12-21H2,1-3H3,(H,39,47)(H,41,49)/t23-,31-/m0/s1. The van der Waals surface area contributed by atoms with Crippen LogP contribution in [0.25, 0.3) is 0 Å². The summed E-state index contributed by atoms with van der Waals surface area (Å²) in [5.41, 5.74) is 0.169. The van der Waals surface area contributed by atoms with Crippen LogP contribution in [0.5, 0.6) is 0 Å². The first-order valence-electron chi connectivity index (χ1n) is 17.6. The zero-order chi connectivity index (χ0) is 35.7. The van der Waals surface area contributed by atoms with Crippen molar-refractivity contribution in [2.45, 2.75) is 83.1 Å². The molecule has 4 amide bonds. The molecular weight excluding hydrogens is 641 g/mol. The zero-order valence-electron chi connectivity index (χ0n) is 28.9. The molecule has 272 valence electrons. The van der Waals surface area contributed by atoms with Crippen molar-refractivity contribution in [2.75, 3.05) is 64.8 Å². The Bertz CT molecular complexity index is 1350. The number of hydrogen-bond donors (Lipinski definition) is 3. The number of aliphatic hydroxyl groups excluding tert-OH is 1. The summed E-state index contributed by atoms with van der Waals surface area (Å²) in [5, 5.41) is 14.0. The summed E-state index contributed by atoms with van der Waals surface area (Å²) in [5.74, 6) is -10.0. The summed E-state index contributed by atoms with van der Waals surface area (Å²) in [7, 11) is 1.95. The van der Waals surface area contributed by atoms with Gasteiger partial charge in [0.05, 0.1) is 12.3 Å². The van der Waals surface area contributed by atoms with Gasteiger partial charge in [-0.1, -0.05) is 39.2 Å². The lowest BCUT2D eigenvalue weighted by Gasteiger charge is -2.36. The minimum absolute atomic E-state index is 0.00710. The van der Waals surface area contributed by atoms with Crippen LogP contribution in [0.15, 0.2) is 23.2 Å². The summed E-state index contributed by atoms with van der Waals surface area (Å²) in [4.78, 5) is 62.2. The second kappa shape index (κ2) is 17.5. The van der Waals surface area contributed by atoms with Gasteiger partial charge < -0.3 is 30.4 Å². The number of hydrogen-bond acceptors (Lipinski definition) is 7. The van der Waals surface area contributed by atoms with Gasteiger partial charge in [0.25, 0.3) is 11.8 Å². The number of nitrogens with one attached hydrogen (secondary N) is 2. The number of piperidine rings is 1. The van der Waals surface area contributed by atoms with Gasteiger partial charge in [-0.3, -0.25) is 19.2 Å². The number of β-amino-alcohol motifs (C(OH)–C–C–N with tert-alkyl or cyclic N) is 1.